The molecule has 5 heteroatoms. The van der Waals surface area contributed by atoms with Crippen LogP contribution in [0, 0.1) is 5.92 Å². The van der Waals surface area contributed by atoms with Crippen molar-refractivity contribution in [3.63, 3.8) is 0 Å². The highest BCUT2D eigenvalue weighted by Crippen LogP contribution is 2.32. The molecule has 1 aromatic rings. The van der Waals surface area contributed by atoms with Gasteiger partial charge in [0.15, 0.2) is 0 Å². The highest BCUT2D eigenvalue weighted by Gasteiger charge is 2.39. The van der Waals surface area contributed by atoms with Crippen LogP contribution in [0.25, 0.3) is 0 Å². The maximum Gasteiger partial charge on any atom is 0.236 e. The number of rotatable bonds is 3. The molecule has 0 unspecified atom stereocenters. The van der Waals surface area contributed by atoms with E-state index in [-0.39, 0.29) is 0 Å². The number of carbonyl (C=O) groups is 1. The van der Waals surface area contributed by atoms with Gasteiger partial charge in [-0.05, 0) is 42.7 Å². The first-order valence-electron chi connectivity index (χ1n) is 10.8. The molecule has 1 N–H and O–H groups in total. The van der Waals surface area contributed by atoms with Crippen LogP contribution in [0.2, 0.25) is 0 Å². The zero-order valence-corrected chi connectivity index (χ0v) is 16.3. The second kappa shape index (κ2) is 7.53. The van der Waals surface area contributed by atoms with Gasteiger partial charge in [-0.25, -0.2) is 0 Å². The molecule has 5 aliphatic rings. The third kappa shape index (κ3) is 3.65. The molecule has 0 spiro atoms. The van der Waals surface area contributed by atoms with Gasteiger partial charge in [-0.15, -0.1) is 0 Å². The second-order valence-electron chi connectivity index (χ2n) is 8.94. The summed E-state index contributed by atoms with van der Waals surface area (Å²) in [5, 5.41) is 3.34. The van der Waals surface area contributed by atoms with Crippen molar-refractivity contribution in [2.45, 2.75) is 37.8 Å². The molecule has 5 nitrogen and oxygen atoms in total. The molecule has 0 radical (unpaired) electrons. The Labute approximate surface area is 162 Å². The average molecular weight is 369 g/mol. The monoisotopic (exact) mass is 368 g/mol. The number of amides is 1. The number of piperazine rings is 1. The van der Waals surface area contributed by atoms with E-state index in [4.69, 9.17) is 0 Å². The van der Waals surface area contributed by atoms with Gasteiger partial charge in [-0.1, -0.05) is 24.3 Å². The Hall–Kier alpha value is -1.43. The fraction of sp³-hybridized carbons (Fsp3) is 0.682. The van der Waals surface area contributed by atoms with Gasteiger partial charge in [0.2, 0.25) is 5.91 Å². The van der Waals surface area contributed by atoms with E-state index < -0.39 is 0 Å². The number of piperidine rings is 1. The molecule has 4 fully saturated rings. The van der Waals surface area contributed by atoms with Crippen molar-refractivity contribution >= 4 is 5.91 Å². The first-order chi connectivity index (χ1) is 13.3. The normalized spacial score (nSPS) is 29.7. The Balaban J connectivity index is 1.23. The molecule has 146 valence electrons. The predicted octanol–water partition coefficient (Wildman–Crippen LogP) is 0.982. The van der Waals surface area contributed by atoms with E-state index >= 15 is 0 Å². The zero-order valence-electron chi connectivity index (χ0n) is 16.3. The van der Waals surface area contributed by atoms with Crippen molar-refractivity contribution in [3.05, 3.63) is 35.4 Å². The molecule has 2 atom stereocenters. The van der Waals surface area contributed by atoms with Crippen LogP contribution >= 0.6 is 0 Å². The second-order valence-corrected chi connectivity index (χ2v) is 8.94. The highest BCUT2D eigenvalue weighted by molar-refractivity contribution is 5.78. The van der Waals surface area contributed by atoms with Gasteiger partial charge in [-0.2, -0.15) is 0 Å². The van der Waals surface area contributed by atoms with E-state index in [2.05, 4.69) is 44.3 Å². The van der Waals surface area contributed by atoms with Crippen molar-refractivity contribution in [1.29, 1.82) is 0 Å². The Morgan fingerprint density at radius 3 is 2.44 bits per heavy atom. The van der Waals surface area contributed by atoms with Gasteiger partial charge >= 0.3 is 0 Å². The number of fused-ring (bicyclic) bond motifs is 5. The molecule has 27 heavy (non-hydrogen) atoms. The third-order valence-corrected chi connectivity index (χ3v) is 7.21. The van der Waals surface area contributed by atoms with E-state index in [0.29, 0.717) is 24.5 Å². The van der Waals surface area contributed by atoms with Crippen LogP contribution in [0.1, 0.15) is 24.0 Å². The highest BCUT2D eigenvalue weighted by atomic mass is 16.2. The van der Waals surface area contributed by atoms with Crippen molar-refractivity contribution in [2.75, 3.05) is 52.4 Å². The SMILES string of the molecule is O=C(CN1C[C@H]2CC[C@@H]1CN(C1Cc3ccccc3C1)C2)N1CCNCC1. The summed E-state index contributed by atoms with van der Waals surface area (Å²) >= 11 is 0. The first-order valence-corrected chi connectivity index (χ1v) is 10.8. The van der Waals surface area contributed by atoms with Crippen molar-refractivity contribution in [3.8, 4) is 0 Å². The fourth-order valence-electron chi connectivity index (χ4n) is 5.69. The molecular weight excluding hydrogens is 336 g/mol. The summed E-state index contributed by atoms with van der Waals surface area (Å²) in [7, 11) is 0. The molecular formula is C22H32N4O. The van der Waals surface area contributed by atoms with Crippen LogP contribution < -0.4 is 5.32 Å². The van der Waals surface area contributed by atoms with Crippen molar-refractivity contribution in [2.24, 2.45) is 5.92 Å². The first kappa shape index (κ1) is 17.7. The van der Waals surface area contributed by atoms with Gasteiger partial charge in [0.25, 0.3) is 0 Å². The molecule has 4 saturated heterocycles. The Kier molecular flexibility index (Phi) is 4.92. The summed E-state index contributed by atoms with van der Waals surface area (Å²) in [5.74, 6) is 1.06. The number of hydrogen-bond acceptors (Lipinski definition) is 4. The summed E-state index contributed by atoms with van der Waals surface area (Å²) in [4.78, 5) is 20.1. The Bertz CT molecular complexity index is 662. The van der Waals surface area contributed by atoms with E-state index in [0.717, 1.165) is 45.2 Å². The summed E-state index contributed by atoms with van der Waals surface area (Å²) < 4.78 is 0. The van der Waals surface area contributed by atoms with Crippen LogP contribution in [-0.2, 0) is 17.6 Å². The summed E-state index contributed by atoms with van der Waals surface area (Å²) in [6, 6.07) is 10.2. The minimum atomic E-state index is 0.337. The molecule has 0 aromatic heterocycles. The van der Waals surface area contributed by atoms with Gasteiger partial charge in [0.1, 0.15) is 0 Å². The molecule has 6 rings (SSSR count). The van der Waals surface area contributed by atoms with Crippen LogP contribution in [0.15, 0.2) is 24.3 Å². The number of benzene rings is 1. The number of nitrogens with one attached hydrogen (secondary N) is 1. The molecule has 2 bridgehead atoms. The van der Waals surface area contributed by atoms with Crippen LogP contribution in [0.4, 0.5) is 0 Å². The largest absolute Gasteiger partial charge is 0.339 e. The maximum atomic E-state index is 12.8. The van der Waals surface area contributed by atoms with Gasteiger partial charge in [-0.3, -0.25) is 14.6 Å². The molecule has 1 aromatic carbocycles. The minimum absolute atomic E-state index is 0.337. The van der Waals surface area contributed by atoms with Crippen LogP contribution in [-0.4, -0.2) is 85.0 Å². The number of hydrogen-bond donors (Lipinski definition) is 1. The van der Waals surface area contributed by atoms with Crippen molar-refractivity contribution in [1.82, 2.24) is 20.0 Å². The lowest BCUT2D eigenvalue weighted by atomic mass is 9.95. The lowest BCUT2D eigenvalue weighted by molar-refractivity contribution is -0.134. The molecule has 4 aliphatic heterocycles. The van der Waals surface area contributed by atoms with Crippen molar-refractivity contribution < 1.29 is 4.79 Å². The standard InChI is InChI=1S/C22H32N4O/c27-22(24-9-7-23-8-10-24)16-26-14-17-5-6-20(26)15-25(13-17)21-11-18-3-1-2-4-19(18)12-21/h1-4,17,20-21,23H,5-16H2/t17-,20+/m0/s1. The van der Waals surface area contributed by atoms with Gasteiger partial charge in [0.05, 0.1) is 6.54 Å². The Morgan fingerprint density at radius 1 is 0.963 bits per heavy atom. The average Bonchev–Trinajstić information content (AvgIpc) is 2.93. The predicted molar refractivity (Wildman–Crippen MR) is 107 cm³/mol. The topological polar surface area (TPSA) is 38.8 Å². The number of carbonyl (C=O) groups excluding carboxylic acids is 1. The summed E-state index contributed by atoms with van der Waals surface area (Å²) in [6.07, 6.45) is 5.00. The fourth-order valence-corrected chi connectivity index (χ4v) is 5.69. The van der Waals surface area contributed by atoms with E-state index in [1.807, 2.05) is 0 Å². The molecule has 4 heterocycles. The maximum absolute atomic E-state index is 12.8. The van der Waals surface area contributed by atoms with Crippen LogP contribution in [0.5, 0.6) is 0 Å². The lowest BCUT2D eigenvalue weighted by Crippen LogP contribution is -2.53. The summed E-state index contributed by atoms with van der Waals surface area (Å²) in [5.41, 5.74) is 3.09. The molecule has 0 saturated carbocycles. The number of nitrogens with zero attached hydrogens (tertiary/aromatic N) is 3. The zero-order chi connectivity index (χ0) is 18.2. The third-order valence-electron chi connectivity index (χ3n) is 7.21. The Morgan fingerprint density at radius 2 is 1.70 bits per heavy atom. The van der Waals surface area contributed by atoms with Gasteiger partial charge in [0, 0.05) is 57.9 Å². The summed E-state index contributed by atoms with van der Waals surface area (Å²) in [6.45, 7) is 7.71. The molecule has 1 amide bonds. The smallest absolute Gasteiger partial charge is 0.236 e. The molecule has 1 aliphatic carbocycles. The van der Waals surface area contributed by atoms with E-state index in [9.17, 15) is 4.79 Å². The van der Waals surface area contributed by atoms with E-state index in [1.165, 1.54) is 32.2 Å². The van der Waals surface area contributed by atoms with E-state index in [1.54, 1.807) is 11.1 Å². The quantitative estimate of drug-likeness (QED) is 0.863. The van der Waals surface area contributed by atoms with Crippen LogP contribution in [0.3, 0.4) is 0 Å². The minimum Gasteiger partial charge on any atom is -0.339 e. The lowest BCUT2D eigenvalue weighted by Gasteiger charge is -2.37. The van der Waals surface area contributed by atoms with Gasteiger partial charge < -0.3 is 10.2 Å².